The first-order valence-electron chi connectivity index (χ1n) is 6.92. The van der Waals surface area contributed by atoms with Crippen molar-refractivity contribution in [1.29, 1.82) is 0 Å². The maximum Gasteiger partial charge on any atom is 0.337 e. The van der Waals surface area contributed by atoms with Gasteiger partial charge in [0.1, 0.15) is 10.6 Å². The molecule has 0 aliphatic heterocycles. The van der Waals surface area contributed by atoms with Crippen LogP contribution in [0, 0.1) is 0 Å². The van der Waals surface area contributed by atoms with Gasteiger partial charge in [0.2, 0.25) is 10.0 Å². The third kappa shape index (κ3) is 5.79. The fraction of sp³-hybridized carbons (Fsp3) is 0.500. The number of ether oxygens (including phenoxy) is 3. The molecular weight excluding hydrogens is 324 g/mol. The molecule has 0 atom stereocenters. The molecule has 0 saturated carbocycles. The SMILES string of the molecule is COCCNCCNS(=O)(=O)c1ccc(C(=O)OC)cc1OC. The molecule has 0 aromatic heterocycles. The Morgan fingerprint density at radius 1 is 1.13 bits per heavy atom. The van der Waals surface area contributed by atoms with Gasteiger partial charge >= 0.3 is 5.97 Å². The van der Waals surface area contributed by atoms with Crippen LogP contribution in [-0.4, -0.2) is 62.0 Å². The monoisotopic (exact) mass is 346 g/mol. The highest BCUT2D eigenvalue weighted by Crippen LogP contribution is 2.25. The number of nitrogens with one attached hydrogen (secondary N) is 2. The highest BCUT2D eigenvalue weighted by molar-refractivity contribution is 7.89. The Bertz CT molecular complexity index is 618. The van der Waals surface area contributed by atoms with E-state index in [1.807, 2.05) is 0 Å². The van der Waals surface area contributed by atoms with Crippen LogP contribution in [0.5, 0.6) is 5.75 Å². The molecule has 1 aromatic carbocycles. The minimum Gasteiger partial charge on any atom is -0.495 e. The third-order valence-electron chi connectivity index (χ3n) is 2.95. The number of hydrogen-bond donors (Lipinski definition) is 2. The van der Waals surface area contributed by atoms with Crippen molar-refractivity contribution in [2.45, 2.75) is 4.90 Å². The molecule has 0 amide bonds. The first-order chi connectivity index (χ1) is 11.0. The molecule has 2 N–H and O–H groups in total. The molecular formula is C14H22N2O6S. The number of hydrogen-bond acceptors (Lipinski definition) is 7. The first kappa shape index (κ1) is 19.4. The molecule has 8 nitrogen and oxygen atoms in total. The largest absolute Gasteiger partial charge is 0.495 e. The zero-order valence-electron chi connectivity index (χ0n) is 13.4. The number of esters is 1. The van der Waals surface area contributed by atoms with E-state index in [4.69, 9.17) is 9.47 Å². The second kappa shape index (κ2) is 9.46. The lowest BCUT2D eigenvalue weighted by atomic mass is 10.2. The van der Waals surface area contributed by atoms with Crippen molar-refractivity contribution in [2.75, 3.05) is 47.6 Å². The van der Waals surface area contributed by atoms with Crippen molar-refractivity contribution in [3.63, 3.8) is 0 Å². The van der Waals surface area contributed by atoms with Gasteiger partial charge in [0.15, 0.2) is 0 Å². The van der Waals surface area contributed by atoms with E-state index in [2.05, 4.69) is 14.8 Å². The maximum atomic E-state index is 12.3. The van der Waals surface area contributed by atoms with Gasteiger partial charge in [-0.1, -0.05) is 0 Å². The van der Waals surface area contributed by atoms with Crippen LogP contribution in [0.4, 0.5) is 0 Å². The van der Waals surface area contributed by atoms with Crippen LogP contribution in [0.15, 0.2) is 23.1 Å². The average molecular weight is 346 g/mol. The van der Waals surface area contributed by atoms with Gasteiger partial charge in [-0.25, -0.2) is 17.9 Å². The molecule has 23 heavy (non-hydrogen) atoms. The fourth-order valence-electron chi connectivity index (χ4n) is 1.79. The first-order valence-corrected chi connectivity index (χ1v) is 8.40. The summed E-state index contributed by atoms with van der Waals surface area (Å²) in [6, 6.07) is 4.02. The molecule has 0 aliphatic rings. The summed E-state index contributed by atoms with van der Waals surface area (Å²) in [7, 11) is 0.431. The quantitative estimate of drug-likeness (QED) is 0.454. The van der Waals surface area contributed by atoms with Crippen LogP contribution >= 0.6 is 0 Å². The summed E-state index contributed by atoms with van der Waals surface area (Å²) in [6.45, 7) is 1.87. The molecule has 0 unspecified atom stereocenters. The molecule has 1 aromatic rings. The number of carbonyl (C=O) groups excluding carboxylic acids is 1. The van der Waals surface area contributed by atoms with Crippen molar-refractivity contribution < 1.29 is 27.4 Å². The van der Waals surface area contributed by atoms with Gasteiger partial charge in [0, 0.05) is 26.7 Å². The molecule has 0 aliphatic carbocycles. The zero-order valence-corrected chi connectivity index (χ0v) is 14.2. The van der Waals surface area contributed by atoms with Crippen LogP contribution in [0.25, 0.3) is 0 Å². The highest BCUT2D eigenvalue weighted by Gasteiger charge is 2.20. The predicted octanol–water partition coefficient (Wildman–Crippen LogP) is -0.00390. The third-order valence-corrected chi connectivity index (χ3v) is 4.45. The molecule has 0 radical (unpaired) electrons. The molecule has 9 heteroatoms. The van der Waals surface area contributed by atoms with Gasteiger partial charge in [-0.2, -0.15) is 0 Å². The van der Waals surface area contributed by atoms with E-state index in [1.54, 1.807) is 7.11 Å². The smallest absolute Gasteiger partial charge is 0.337 e. The molecule has 0 spiro atoms. The lowest BCUT2D eigenvalue weighted by Crippen LogP contribution is -2.33. The molecule has 0 bridgehead atoms. The number of carbonyl (C=O) groups is 1. The van der Waals surface area contributed by atoms with Gasteiger partial charge in [-0.15, -0.1) is 0 Å². The summed E-state index contributed by atoms with van der Waals surface area (Å²) in [5.41, 5.74) is 0.213. The van der Waals surface area contributed by atoms with E-state index < -0.39 is 16.0 Å². The Hall–Kier alpha value is -1.68. The summed E-state index contributed by atoms with van der Waals surface area (Å²) < 4.78 is 41.6. The number of methoxy groups -OCH3 is 3. The summed E-state index contributed by atoms with van der Waals surface area (Å²) in [4.78, 5) is 11.4. The Kier molecular flexibility index (Phi) is 7.96. The average Bonchev–Trinajstić information content (AvgIpc) is 2.56. The van der Waals surface area contributed by atoms with Gasteiger partial charge in [-0.3, -0.25) is 0 Å². The normalized spacial score (nSPS) is 11.3. The predicted molar refractivity (Wildman–Crippen MR) is 84.3 cm³/mol. The second-order valence-electron chi connectivity index (χ2n) is 4.50. The van der Waals surface area contributed by atoms with Gasteiger partial charge in [-0.05, 0) is 18.2 Å². The van der Waals surface area contributed by atoms with E-state index in [1.165, 1.54) is 32.4 Å². The molecule has 0 saturated heterocycles. The summed E-state index contributed by atoms with van der Waals surface area (Å²) in [5.74, 6) is -0.490. The number of benzene rings is 1. The Balaban J connectivity index is 2.77. The molecule has 0 fully saturated rings. The van der Waals surface area contributed by atoms with Crippen molar-refractivity contribution in [1.82, 2.24) is 10.0 Å². The van der Waals surface area contributed by atoms with Gasteiger partial charge in [0.25, 0.3) is 0 Å². The van der Waals surface area contributed by atoms with Crippen LogP contribution < -0.4 is 14.8 Å². The molecule has 130 valence electrons. The topological polar surface area (TPSA) is 103 Å². The van der Waals surface area contributed by atoms with Crippen molar-refractivity contribution in [2.24, 2.45) is 0 Å². The van der Waals surface area contributed by atoms with Crippen LogP contribution in [0.2, 0.25) is 0 Å². The number of sulfonamides is 1. The standard InChI is InChI=1S/C14H22N2O6S/c1-20-9-8-15-6-7-16-23(18,19)13-5-4-11(14(17)22-3)10-12(13)21-2/h4-5,10,15-16H,6-9H2,1-3H3. The van der Waals surface area contributed by atoms with Crippen molar-refractivity contribution in [3.05, 3.63) is 23.8 Å². The van der Waals surface area contributed by atoms with Gasteiger partial charge < -0.3 is 19.5 Å². The van der Waals surface area contributed by atoms with Crippen LogP contribution in [-0.2, 0) is 19.5 Å². The summed E-state index contributed by atoms with van der Waals surface area (Å²) in [5, 5.41) is 3.03. The van der Waals surface area contributed by atoms with Gasteiger partial charge in [0.05, 0.1) is 26.4 Å². The molecule has 1 rings (SSSR count). The Morgan fingerprint density at radius 2 is 1.87 bits per heavy atom. The van der Waals surface area contributed by atoms with E-state index in [0.717, 1.165) is 0 Å². The number of rotatable bonds is 10. The second-order valence-corrected chi connectivity index (χ2v) is 6.23. The lowest BCUT2D eigenvalue weighted by Gasteiger charge is -2.12. The minimum atomic E-state index is -3.74. The Morgan fingerprint density at radius 3 is 2.48 bits per heavy atom. The summed E-state index contributed by atoms with van der Waals surface area (Å²) >= 11 is 0. The van der Waals surface area contributed by atoms with Crippen molar-refractivity contribution >= 4 is 16.0 Å². The van der Waals surface area contributed by atoms with Crippen LogP contribution in [0.1, 0.15) is 10.4 Å². The highest BCUT2D eigenvalue weighted by atomic mass is 32.2. The zero-order chi connectivity index (χ0) is 17.3. The van der Waals surface area contributed by atoms with Crippen molar-refractivity contribution in [3.8, 4) is 5.75 Å². The molecule has 0 heterocycles. The summed E-state index contributed by atoms with van der Waals surface area (Å²) in [6.07, 6.45) is 0. The van der Waals surface area contributed by atoms with E-state index in [0.29, 0.717) is 19.7 Å². The maximum absolute atomic E-state index is 12.3. The minimum absolute atomic E-state index is 0.0375. The fourth-order valence-corrected chi connectivity index (χ4v) is 2.97. The van der Waals surface area contributed by atoms with E-state index in [9.17, 15) is 13.2 Å². The van der Waals surface area contributed by atoms with E-state index in [-0.39, 0.29) is 22.8 Å². The van der Waals surface area contributed by atoms with E-state index >= 15 is 0 Å². The lowest BCUT2D eigenvalue weighted by molar-refractivity contribution is 0.0600. The Labute approximate surface area is 136 Å². The van der Waals surface area contributed by atoms with Crippen LogP contribution in [0.3, 0.4) is 0 Å².